The first kappa shape index (κ1) is 18.4. The van der Waals surface area contributed by atoms with Crippen LogP contribution in [-0.2, 0) is 0 Å². The Hall–Kier alpha value is -2.96. The lowest BCUT2D eigenvalue weighted by Gasteiger charge is -2.16. The molecule has 0 aliphatic carbocycles. The van der Waals surface area contributed by atoms with Gasteiger partial charge in [-0.15, -0.1) is 0 Å². The van der Waals surface area contributed by atoms with Crippen molar-refractivity contribution in [3.63, 3.8) is 0 Å². The first-order valence-electron chi connectivity index (χ1n) is 8.02. The Labute approximate surface area is 147 Å². The van der Waals surface area contributed by atoms with Gasteiger partial charge in [0.15, 0.2) is 5.88 Å². The molecule has 0 saturated carbocycles. The minimum absolute atomic E-state index is 0.371. The largest absolute Gasteiger partial charge is 0.497 e. The van der Waals surface area contributed by atoms with Gasteiger partial charge in [0.1, 0.15) is 17.3 Å². The summed E-state index contributed by atoms with van der Waals surface area (Å²) in [6.45, 7) is 5.83. The smallest absolute Gasteiger partial charge is 0.271 e. The van der Waals surface area contributed by atoms with Gasteiger partial charge in [0, 0.05) is 30.8 Å². The van der Waals surface area contributed by atoms with Crippen LogP contribution in [0.5, 0.6) is 11.5 Å². The van der Waals surface area contributed by atoms with Gasteiger partial charge in [0.2, 0.25) is 0 Å². The van der Waals surface area contributed by atoms with Gasteiger partial charge >= 0.3 is 0 Å². The SMILES string of the molecule is CCN(CC)c1ccc(/C=N\NC(=O)c2cc(OC)cc(OC)c2)o1. The van der Waals surface area contributed by atoms with Crippen molar-refractivity contribution in [1.29, 1.82) is 0 Å². The first-order valence-corrected chi connectivity index (χ1v) is 8.02. The van der Waals surface area contributed by atoms with Gasteiger partial charge in [0.05, 0.1) is 20.4 Å². The molecule has 2 aromatic rings. The number of hydrogen-bond donors (Lipinski definition) is 1. The van der Waals surface area contributed by atoms with Gasteiger partial charge in [0.25, 0.3) is 5.91 Å². The van der Waals surface area contributed by atoms with Gasteiger partial charge in [-0.3, -0.25) is 4.79 Å². The molecule has 0 aliphatic rings. The van der Waals surface area contributed by atoms with Crippen molar-refractivity contribution < 1.29 is 18.7 Å². The zero-order chi connectivity index (χ0) is 18.2. The minimum Gasteiger partial charge on any atom is -0.497 e. The summed E-state index contributed by atoms with van der Waals surface area (Å²) in [7, 11) is 3.05. The van der Waals surface area contributed by atoms with E-state index in [1.807, 2.05) is 6.07 Å². The number of nitrogens with zero attached hydrogens (tertiary/aromatic N) is 2. The maximum absolute atomic E-state index is 12.2. The number of carbonyl (C=O) groups is 1. The Morgan fingerprint density at radius 3 is 2.36 bits per heavy atom. The standard InChI is InChI=1S/C18H23N3O4/c1-5-21(6-2)17-8-7-14(25-17)12-19-20-18(22)13-9-15(23-3)11-16(10-13)24-4/h7-12H,5-6H2,1-4H3,(H,20,22)/b19-12-. The van der Waals surface area contributed by atoms with Crippen molar-refractivity contribution in [3.8, 4) is 11.5 Å². The highest BCUT2D eigenvalue weighted by molar-refractivity contribution is 5.95. The predicted octanol–water partition coefficient (Wildman–Crippen LogP) is 2.91. The first-order chi connectivity index (χ1) is 12.1. The van der Waals surface area contributed by atoms with E-state index in [0.29, 0.717) is 22.8 Å². The molecule has 1 N–H and O–H groups in total. The van der Waals surface area contributed by atoms with Crippen molar-refractivity contribution in [3.05, 3.63) is 41.7 Å². The highest BCUT2D eigenvalue weighted by atomic mass is 16.5. The molecule has 2 rings (SSSR count). The number of ether oxygens (including phenoxy) is 2. The van der Waals surface area contributed by atoms with E-state index in [2.05, 4.69) is 29.3 Å². The molecule has 0 fully saturated rings. The zero-order valence-electron chi connectivity index (χ0n) is 14.9. The fourth-order valence-electron chi connectivity index (χ4n) is 2.27. The summed E-state index contributed by atoms with van der Waals surface area (Å²) in [6, 6.07) is 8.59. The summed E-state index contributed by atoms with van der Waals surface area (Å²) in [5.74, 6) is 2.02. The van der Waals surface area contributed by atoms with E-state index in [4.69, 9.17) is 13.9 Å². The molecule has 0 unspecified atom stereocenters. The number of carbonyl (C=O) groups excluding carboxylic acids is 1. The van der Waals surface area contributed by atoms with Crippen LogP contribution in [0.15, 0.2) is 39.9 Å². The summed E-state index contributed by atoms with van der Waals surface area (Å²) in [4.78, 5) is 14.3. The Morgan fingerprint density at radius 2 is 1.80 bits per heavy atom. The van der Waals surface area contributed by atoms with Crippen molar-refractivity contribution in [2.75, 3.05) is 32.2 Å². The molecule has 0 bridgehead atoms. The molecule has 0 aliphatic heterocycles. The van der Waals surface area contributed by atoms with Crippen LogP contribution in [-0.4, -0.2) is 39.4 Å². The molecule has 0 saturated heterocycles. The lowest BCUT2D eigenvalue weighted by atomic mass is 10.2. The molecular formula is C18H23N3O4. The minimum atomic E-state index is -0.371. The molecule has 7 heteroatoms. The molecule has 1 aromatic carbocycles. The number of anilines is 1. The molecular weight excluding hydrogens is 322 g/mol. The summed E-state index contributed by atoms with van der Waals surface area (Å²) in [5.41, 5.74) is 2.85. The summed E-state index contributed by atoms with van der Waals surface area (Å²) in [5, 5.41) is 3.93. The number of benzene rings is 1. The molecule has 0 atom stereocenters. The van der Waals surface area contributed by atoms with Gasteiger partial charge in [-0.05, 0) is 32.0 Å². The van der Waals surface area contributed by atoms with E-state index in [-0.39, 0.29) is 5.91 Å². The lowest BCUT2D eigenvalue weighted by Crippen LogP contribution is -2.20. The van der Waals surface area contributed by atoms with Crippen molar-refractivity contribution in [2.24, 2.45) is 5.10 Å². The second-order valence-corrected chi connectivity index (χ2v) is 5.15. The molecule has 1 heterocycles. The number of methoxy groups -OCH3 is 2. The fourth-order valence-corrected chi connectivity index (χ4v) is 2.27. The number of hydrazone groups is 1. The molecule has 0 spiro atoms. The summed E-state index contributed by atoms with van der Waals surface area (Å²) >= 11 is 0. The third-order valence-electron chi connectivity index (χ3n) is 3.66. The van der Waals surface area contributed by atoms with Crippen LogP contribution in [0.25, 0.3) is 0 Å². The number of rotatable bonds is 8. The van der Waals surface area contributed by atoms with Crippen LogP contribution in [0.2, 0.25) is 0 Å². The topological polar surface area (TPSA) is 76.3 Å². The Morgan fingerprint density at radius 1 is 1.16 bits per heavy atom. The fraction of sp³-hybridized carbons (Fsp3) is 0.333. The Balaban J connectivity index is 2.03. The van der Waals surface area contributed by atoms with Crippen LogP contribution in [0.1, 0.15) is 30.0 Å². The Kier molecular flexibility index (Phi) is 6.45. The van der Waals surface area contributed by atoms with Crippen LogP contribution in [0.4, 0.5) is 5.88 Å². The van der Waals surface area contributed by atoms with Crippen molar-refractivity contribution in [2.45, 2.75) is 13.8 Å². The van der Waals surface area contributed by atoms with Gasteiger partial charge in [-0.2, -0.15) is 5.10 Å². The molecule has 134 valence electrons. The second-order valence-electron chi connectivity index (χ2n) is 5.15. The molecule has 25 heavy (non-hydrogen) atoms. The maximum Gasteiger partial charge on any atom is 0.271 e. The lowest BCUT2D eigenvalue weighted by molar-refractivity contribution is 0.0954. The average Bonchev–Trinajstić information content (AvgIpc) is 3.10. The third-order valence-corrected chi connectivity index (χ3v) is 3.66. The van der Waals surface area contributed by atoms with E-state index in [1.165, 1.54) is 20.4 Å². The van der Waals surface area contributed by atoms with Crippen molar-refractivity contribution in [1.82, 2.24) is 5.43 Å². The van der Waals surface area contributed by atoms with E-state index < -0.39 is 0 Å². The van der Waals surface area contributed by atoms with Gasteiger partial charge in [-0.1, -0.05) is 0 Å². The van der Waals surface area contributed by atoms with E-state index in [1.54, 1.807) is 24.3 Å². The van der Waals surface area contributed by atoms with E-state index >= 15 is 0 Å². The molecule has 1 aromatic heterocycles. The van der Waals surface area contributed by atoms with E-state index in [9.17, 15) is 4.79 Å². The molecule has 7 nitrogen and oxygen atoms in total. The third kappa shape index (κ3) is 4.76. The quantitative estimate of drug-likeness (QED) is 0.588. The zero-order valence-corrected chi connectivity index (χ0v) is 14.9. The summed E-state index contributed by atoms with van der Waals surface area (Å²) in [6.07, 6.45) is 1.46. The van der Waals surface area contributed by atoms with Gasteiger partial charge < -0.3 is 18.8 Å². The second kappa shape index (κ2) is 8.77. The van der Waals surface area contributed by atoms with Crippen molar-refractivity contribution >= 4 is 18.0 Å². The highest BCUT2D eigenvalue weighted by Crippen LogP contribution is 2.22. The average molecular weight is 345 g/mol. The van der Waals surface area contributed by atoms with Crippen LogP contribution >= 0.6 is 0 Å². The van der Waals surface area contributed by atoms with Crippen LogP contribution in [0.3, 0.4) is 0 Å². The normalized spacial score (nSPS) is 10.7. The number of nitrogens with one attached hydrogen (secondary N) is 1. The highest BCUT2D eigenvalue weighted by Gasteiger charge is 2.10. The van der Waals surface area contributed by atoms with E-state index in [0.717, 1.165) is 19.0 Å². The monoisotopic (exact) mass is 345 g/mol. The predicted molar refractivity (Wildman–Crippen MR) is 96.9 cm³/mol. The number of amides is 1. The van der Waals surface area contributed by atoms with Crippen LogP contribution in [0, 0.1) is 0 Å². The molecule has 1 amide bonds. The Bertz CT molecular complexity index is 713. The number of furan rings is 1. The summed E-state index contributed by atoms with van der Waals surface area (Å²) < 4.78 is 16.0. The maximum atomic E-state index is 12.2. The molecule has 0 radical (unpaired) electrons. The van der Waals surface area contributed by atoms with Crippen LogP contribution < -0.4 is 19.8 Å². The number of hydrogen-bond acceptors (Lipinski definition) is 6. The van der Waals surface area contributed by atoms with Gasteiger partial charge in [-0.25, -0.2) is 5.43 Å².